The average Bonchev–Trinajstić information content (AvgIpc) is 1.74. The predicted octanol–water partition coefficient (Wildman–Crippen LogP) is 22.5. The molecule has 0 atom stereocenters. The molecule has 4 aliphatic rings. The molecule has 0 bridgehead atoms. The lowest BCUT2D eigenvalue weighted by molar-refractivity contribution is 0.655. The highest BCUT2D eigenvalue weighted by molar-refractivity contribution is 6.07. The molecule has 0 unspecified atom stereocenters. The molecule has 1 heterocycles. The van der Waals surface area contributed by atoms with E-state index in [2.05, 4.69) is 332 Å². The number of hydrogen-bond donors (Lipinski definition) is 0. The molecule has 1 nitrogen and oxygen atoms in total. The van der Waals surface area contributed by atoms with E-state index >= 15 is 0 Å². The largest absolute Gasteiger partial charge is 0.344 e. The molecule has 0 amide bonds. The summed E-state index contributed by atoms with van der Waals surface area (Å²) in [5, 5.41) is 2.68. The van der Waals surface area contributed by atoms with Crippen LogP contribution in [-0.4, -0.2) is 4.57 Å². The van der Waals surface area contributed by atoms with Crippen molar-refractivity contribution in [1.29, 1.82) is 0 Å². The number of aryl methyl sites for hydroxylation is 6. The van der Waals surface area contributed by atoms with Crippen LogP contribution >= 0.6 is 0 Å². The summed E-state index contributed by atoms with van der Waals surface area (Å²) in [6, 6.07) is 89.2. The van der Waals surface area contributed by atoms with E-state index < -0.39 is 0 Å². The molecule has 1 aromatic heterocycles. The smallest absolute Gasteiger partial charge is 0.0488 e. The SMILES string of the molecule is Cc1ccc2c(c1)-c1ccccc1C2(C)C.Cc1ccc2c(c1)C(C)(C)c1ccccc1-2.Cc1cccc2c1-c1ccccc1C2(C)C.Cc1cccc2c1C(C)(C)c1ccccc1-2.Cc1ccccc1.Cn1c2ccccc2c2ccccc21. The first-order valence-corrected chi connectivity index (χ1v) is 30.5. The van der Waals surface area contributed by atoms with Crippen LogP contribution in [0, 0.1) is 34.6 Å². The van der Waals surface area contributed by atoms with Gasteiger partial charge in [0.25, 0.3) is 0 Å². The molecule has 1 heteroatoms. The zero-order valence-electron chi connectivity index (χ0n) is 52.6. The molecule has 0 fully saturated rings. The third-order valence-corrected chi connectivity index (χ3v) is 18.8. The van der Waals surface area contributed by atoms with Crippen LogP contribution in [0.3, 0.4) is 0 Å². The minimum atomic E-state index is 0.150. The fourth-order valence-electron chi connectivity index (χ4n) is 14.4. The molecule has 12 aromatic rings. The third kappa shape index (κ3) is 10.6. The molecule has 0 radical (unpaired) electrons. The lowest BCUT2D eigenvalue weighted by Crippen LogP contribution is -2.16. The number of aromatic nitrogens is 1. The summed E-state index contributed by atoms with van der Waals surface area (Å²) in [6.45, 7) is 29.4. The highest BCUT2D eigenvalue weighted by atomic mass is 14.9. The van der Waals surface area contributed by atoms with E-state index in [1.54, 1.807) is 0 Å². The summed E-state index contributed by atoms with van der Waals surface area (Å²) >= 11 is 0. The Labute approximate surface area is 507 Å². The Morgan fingerprint density at radius 3 is 1.20 bits per heavy atom. The second-order valence-corrected chi connectivity index (χ2v) is 26.0. The summed E-state index contributed by atoms with van der Waals surface area (Å²) in [7, 11) is 2.12. The number of benzene rings is 11. The van der Waals surface area contributed by atoms with Gasteiger partial charge in [0, 0.05) is 50.5 Å². The summed E-state index contributed by atoms with van der Waals surface area (Å²) in [6.07, 6.45) is 0. The summed E-state index contributed by atoms with van der Waals surface area (Å²) < 4.78 is 2.24. The van der Waals surface area contributed by atoms with Crippen molar-refractivity contribution in [2.45, 2.75) is 112 Å². The maximum Gasteiger partial charge on any atom is 0.0488 e. The Balaban J connectivity index is 0.000000108. The van der Waals surface area contributed by atoms with Crippen molar-refractivity contribution in [2.75, 3.05) is 0 Å². The molecule has 0 saturated carbocycles. The first kappa shape index (κ1) is 58.0. The predicted molar refractivity (Wildman–Crippen MR) is 367 cm³/mol. The van der Waals surface area contributed by atoms with E-state index in [9.17, 15) is 0 Å². The van der Waals surface area contributed by atoms with Crippen molar-refractivity contribution in [3.8, 4) is 44.5 Å². The molecule has 0 saturated heterocycles. The molecular formula is C84H83N. The second-order valence-electron chi connectivity index (χ2n) is 26.0. The molecule has 85 heavy (non-hydrogen) atoms. The Kier molecular flexibility index (Phi) is 15.7. The number of nitrogens with zero attached hydrogens (tertiary/aromatic N) is 1. The summed E-state index contributed by atoms with van der Waals surface area (Å²) in [5.74, 6) is 0. The topological polar surface area (TPSA) is 4.93 Å². The van der Waals surface area contributed by atoms with Crippen molar-refractivity contribution in [3.63, 3.8) is 0 Å². The Morgan fingerprint density at radius 1 is 0.247 bits per heavy atom. The maximum atomic E-state index is 2.33. The molecule has 424 valence electrons. The van der Waals surface area contributed by atoms with Crippen LogP contribution in [-0.2, 0) is 28.7 Å². The van der Waals surface area contributed by atoms with Gasteiger partial charge in [-0.15, -0.1) is 0 Å². The number of hydrogen-bond acceptors (Lipinski definition) is 0. The van der Waals surface area contributed by atoms with Gasteiger partial charge in [-0.1, -0.05) is 309 Å². The number of fused-ring (bicyclic) bond motifs is 15. The van der Waals surface area contributed by atoms with Gasteiger partial charge in [-0.05, 0) is 147 Å². The van der Waals surface area contributed by atoms with Crippen LogP contribution in [0.5, 0.6) is 0 Å². The van der Waals surface area contributed by atoms with E-state index in [-0.39, 0.29) is 21.7 Å². The van der Waals surface area contributed by atoms with Crippen molar-refractivity contribution in [2.24, 2.45) is 7.05 Å². The quantitative estimate of drug-likeness (QED) is 0.143. The van der Waals surface area contributed by atoms with Crippen molar-refractivity contribution in [1.82, 2.24) is 4.57 Å². The van der Waals surface area contributed by atoms with Gasteiger partial charge in [-0.3, -0.25) is 0 Å². The molecule has 0 N–H and O–H groups in total. The minimum Gasteiger partial charge on any atom is -0.344 e. The molecular weight excluding hydrogens is 1020 g/mol. The van der Waals surface area contributed by atoms with Crippen molar-refractivity contribution < 1.29 is 0 Å². The zero-order valence-corrected chi connectivity index (χ0v) is 52.6. The normalized spacial score (nSPS) is 14.4. The van der Waals surface area contributed by atoms with Crippen LogP contribution in [0.15, 0.2) is 249 Å². The van der Waals surface area contributed by atoms with Crippen LogP contribution in [0.2, 0.25) is 0 Å². The van der Waals surface area contributed by atoms with Crippen molar-refractivity contribution >= 4 is 21.8 Å². The van der Waals surface area contributed by atoms with Crippen molar-refractivity contribution in [3.05, 3.63) is 321 Å². The highest BCUT2D eigenvalue weighted by Gasteiger charge is 2.38. The first-order chi connectivity index (χ1) is 40.7. The monoisotopic (exact) mass is 1110 g/mol. The third-order valence-electron chi connectivity index (χ3n) is 18.8. The van der Waals surface area contributed by atoms with Gasteiger partial charge in [0.05, 0.1) is 0 Å². The lowest BCUT2D eigenvalue weighted by Gasteiger charge is -2.23. The van der Waals surface area contributed by atoms with Gasteiger partial charge in [0.2, 0.25) is 0 Å². The van der Waals surface area contributed by atoms with E-state index in [4.69, 9.17) is 0 Å². The first-order valence-electron chi connectivity index (χ1n) is 30.5. The summed E-state index contributed by atoms with van der Waals surface area (Å²) in [4.78, 5) is 0. The minimum absolute atomic E-state index is 0.150. The Bertz CT molecular complexity index is 4350. The van der Waals surface area contributed by atoms with Gasteiger partial charge in [-0.25, -0.2) is 0 Å². The summed E-state index contributed by atoms with van der Waals surface area (Å²) in [5.41, 5.74) is 33.0. The highest BCUT2D eigenvalue weighted by Crippen LogP contribution is 2.52. The second kappa shape index (κ2) is 23.0. The number of rotatable bonds is 0. The molecule has 0 aliphatic heterocycles. The van der Waals surface area contributed by atoms with Gasteiger partial charge >= 0.3 is 0 Å². The zero-order chi connectivity index (χ0) is 60.0. The fourth-order valence-corrected chi connectivity index (χ4v) is 14.4. The fraction of sp³-hybridized carbons (Fsp3) is 0.214. The average molecular weight is 1110 g/mol. The molecule has 16 rings (SSSR count). The van der Waals surface area contributed by atoms with Crippen LogP contribution < -0.4 is 0 Å². The van der Waals surface area contributed by atoms with Crippen LogP contribution in [0.4, 0.5) is 0 Å². The van der Waals surface area contributed by atoms with Gasteiger partial charge in [-0.2, -0.15) is 0 Å². The lowest BCUT2D eigenvalue weighted by atomic mass is 9.80. The molecule has 0 spiro atoms. The van der Waals surface area contributed by atoms with E-state index in [1.807, 2.05) is 18.2 Å². The van der Waals surface area contributed by atoms with Crippen LogP contribution in [0.25, 0.3) is 66.3 Å². The Hall–Kier alpha value is -8.78. The van der Waals surface area contributed by atoms with E-state index in [0.717, 1.165) is 0 Å². The Morgan fingerprint density at radius 2 is 0.624 bits per heavy atom. The van der Waals surface area contributed by atoms with E-state index in [0.29, 0.717) is 0 Å². The molecule has 11 aromatic carbocycles. The maximum absolute atomic E-state index is 2.33. The van der Waals surface area contributed by atoms with Gasteiger partial charge in [0.1, 0.15) is 0 Å². The van der Waals surface area contributed by atoms with Crippen LogP contribution in [0.1, 0.15) is 128 Å². The van der Waals surface area contributed by atoms with E-state index in [1.165, 1.54) is 139 Å². The number of para-hydroxylation sites is 2. The van der Waals surface area contributed by atoms with Gasteiger partial charge in [0.15, 0.2) is 0 Å². The standard InChI is InChI=1S/4C16H16.C13H11N.C7H8/c1-11-7-6-9-13-12-8-4-5-10-14(12)16(2,3)15(11)13;1-11-7-6-10-14-15(11)12-8-4-5-9-13(12)16(14,2)3;1-11-8-9-15-13(10-11)12-6-4-5-7-14(12)16(15,2)3;1-11-8-9-13-12-6-4-5-7-14(12)16(2,3)15(13)10-11;1-14-12-8-4-2-6-10(12)11-7-3-5-9-13(11)14;1-7-5-3-2-4-6-7/h4*4-10H,1-3H3;2-9H,1H3;2-6H,1H3. The molecule has 4 aliphatic carbocycles. The van der Waals surface area contributed by atoms with Gasteiger partial charge < -0.3 is 4.57 Å².